The average molecular weight is 226 g/mol. The second-order valence-electron chi connectivity index (χ2n) is 6.18. The molecule has 0 spiro atoms. The van der Waals surface area contributed by atoms with Crippen LogP contribution in [0, 0.1) is 5.92 Å². The molecule has 16 heavy (non-hydrogen) atoms. The van der Waals surface area contributed by atoms with Gasteiger partial charge in [0.1, 0.15) is 0 Å². The second kappa shape index (κ2) is 4.63. The van der Waals surface area contributed by atoms with Crippen LogP contribution in [-0.2, 0) is 4.74 Å². The predicted molar refractivity (Wildman–Crippen MR) is 66.4 cm³/mol. The molecular weight excluding hydrogens is 200 g/mol. The van der Waals surface area contributed by atoms with E-state index < -0.39 is 0 Å². The summed E-state index contributed by atoms with van der Waals surface area (Å²) in [6.45, 7) is 9.86. The first-order valence-corrected chi connectivity index (χ1v) is 6.61. The minimum atomic E-state index is 0.0517. The summed E-state index contributed by atoms with van der Waals surface area (Å²) in [7, 11) is 0. The lowest BCUT2D eigenvalue weighted by Crippen LogP contribution is -2.54. The van der Waals surface area contributed by atoms with Crippen LogP contribution in [0.2, 0.25) is 0 Å². The van der Waals surface area contributed by atoms with Gasteiger partial charge in [-0.05, 0) is 45.6 Å². The summed E-state index contributed by atoms with van der Waals surface area (Å²) in [5.74, 6) is 0.684. The van der Waals surface area contributed by atoms with Gasteiger partial charge in [-0.2, -0.15) is 0 Å². The molecule has 2 fully saturated rings. The third kappa shape index (κ3) is 2.76. The van der Waals surface area contributed by atoms with Gasteiger partial charge in [0.2, 0.25) is 0 Å². The first kappa shape index (κ1) is 12.3. The van der Waals surface area contributed by atoms with Crippen molar-refractivity contribution in [2.45, 2.75) is 57.7 Å². The van der Waals surface area contributed by atoms with E-state index in [2.05, 4.69) is 25.7 Å². The van der Waals surface area contributed by atoms with Crippen molar-refractivity contribution in [2.24, 2.45) is 11.7 Å². The van der Waals surface area contributed by atoms with Gasteiger partial charge in [-0.25, -0.2) is 0 Å². The van der Waals surface area contributed by atoms with E-state index >= 15 is 0 Å². The highest BCUT2D eigenvalue weighted by Gasteiger charge is 2.34. The van der Waals surface area contributed by atoms with E-state index in [4.69, 9.17) is 10.5 Å². The first-order chi connectivity index (χ1) is 7.48. The highest BCUT2D eigenvalue weighted by atomic mass is 16.5. The maximum Gasteiger partial charge on any atom is 0.0641 e. The molecule has 0 aromatic rings. The molecule has 3 nitrogen and oxygen atoms in total. The highest BCUT2D eigenvalue weighted by molar-refractivity contribution is 4.89. The Hall–Kier alpha value is -0.120. The third-order valence-corrected chi connectivity index (χ3v) is 4.24. The minimum Gasteiger partial charge on any atom is -0.375 e. The van der Waals surface area contributed by atoms with E-state index in [0.717, 1.165) is 19.6 Å². The van der Waals surface area contributed by atoms with Gasteiger partial charge in [0.25, 0.3) is 0 Å². The molecule has 3 heteroatoms. The number of hydrogen-bond donors (Lipinski definition) is 1. The van der Waals surface area contributed by atoms with Crippen LogP contribution < -0.4 is 5.73 Å². The lowest BCUT2D eigenvalue weighted by Gasteiger charge is -2.45. The van der Waals surface area contributed by atoms with Gasteiger partial charge in [0.15, 0.2) is 0 Å². The molecule has 2 heterocycles. The molecule has 2 N–H and O–H groups in total. The zero-order chi connectivity index (χ0) is 11.8. The molecule has 94 valence electrons. The van der Waals surface area contributed by atoms with Crippen LogP contribution >= 0.6 is 0 Å². The van der Waals surface area contributed by atoms with Crippen molar-refractivity contribution in [2.75, 3.05) is 19.7 Å². The van der Waals surface area contributed by atoms with Crippen LogP contribution in [0.3, 0.4) is 0 Å². The Kier molecular flexibility index (Phi) is 3.57. The number of rotatable bonds is 1. The Morgan fingerprint density at radius 2 is 2.06 bits per heavy atom. The summed E-state index contributed by atoms with van der Waals surface area (Å²) in [6.07, 6.45) is 3.57. The van der Waals surface area contributed by atoms with Gasteiger partial charge in [0.05, 0.1) is 5.60 Å². The molecule has 0 bridgehead atoms. The first-order valence-electron chi connectivity index (χ1n) is 6.61. The third-order valence-electron chi connectivity index (χ3n) is 4.24. The van der Waals surface area contributed by atoms with E-state index in [-0.39, 0.29) is 5.60 Å². The van der Waals surface area contributed by atoms with Crippen molar-refractivity contribution in [1.29, 1.82) is 0 Å². The normalized spacial score (nSPS) is 40.9. The molecular formula is C13H26N2O. The molecule has 0 saturated carbocycles. The van der Waals surface area contributed by atoms with E-state index in [1.165, 1.54) is 19.4 Å². The standard InChI is InChI=1S/C13H26N2O/c1-10-4-6-15(9-12(10)14)11-5-7-16-13(2,3)8-11/h10-12H,4-9,14H2,1-3H3. The van der Waals surface area contributed by atoms with E-state index in [1.807, 2.05) is 0 Å². The average Bonchev–Trinajstić information content (AvgIpc) is 2.20. The minimum absolute atomic E-state index is 0.0517. The van der Waals surface area contributed by atoms with Crippen molar-refractivity contribution in [3.05, 3.63) is 0 Å². The van der Waals surface area contributed by atoms with E-state index in [1.54, 1.807) is 0 Å². The molecule has 2 aliphatic rings. The molecule has 2 aliphatic heterocycles. The van der Waals surface area contributed by atoms with Crippen molar-refractivity contribution in [1.82, 2.24) is 4.90 Å². The van der Waals surface area contributed by atoms with E-state index in [0.29, 0.717) is 18.0 Å². The number of ether oxygens (including phenoxy) is 1. The monoisotopic (exact) mass is 226 g/mol. The summed E-state index contributed by atoms with van der Waals surface area (Å²) in [4.78, 5) is 2.59. The number of likely N-dealkylation sites (tertiary alicyclic amines) is 1. The fourth-order valence-corrected chi connectivity index (χ4v) is 2.97. The van der Waals surface area contributed by atoms with Gasteiger partial charge in [0, 0.05) is 25.2 Å². The number of hydrogen-bond acceptors (Lipinski definition) is 3. The fraction of sp³-hybridized carbons (Fsp3) is 1.00. The molecule has 0 aromatic carbocycles. The van der Waals surface area contributed by atoms with Crippen molar-refractivity contribution in [3.63, 3.8) is 0 Å². The van der Waals surface area contributed by atoms with Gasteiger partial charge < -0.3 is 10.5 Å². The molecule has 0 aliphatic carbocycles. The largest absolute Gasteiger partial charge is 0.375 e. The predicted octanol–water partition coefficient (Wildman–Crippen LogP) is 1.61. The van der Waals surface area contributed by atoms with Crippen LogP contribution in [0.1, 0.15) is 40.0 Å². The molecule has 2 saturated heterocycles. The Morgan fingerprint density at radius 3 is 2.69 bits per heavy atom. The van der Waals surface area contributed by atoms with Crippen molar-refractivity contribution in [3.8, 4) is 0 Å². The lowest BCUT2D eigenvalue weighted by molar-refractivity contribution is -0.0876. The molecule has 2 rings (SSSR count). The smallest absolute Gasteiger partial charge is 0.0641 e. The zero-order valence-electron chi connectivity index (χ0n) is 10.9. The lowest BCUT2D eigenvalue weighted by atomic mass is 9.88. The van der Waals surface area contributed by atoms with E-state index in [9.17, 15) is 0 Å². The maximum atomic E-state index is 6.17. The SMILES string of the molecule is CC1CCN(C2CCOC(C)(C)C2)CC1N. The van der Waals surface area contributed by atoms with Crippen molar-refractivity contribution >= 4 is 0 Å². The van der Waals surface area contributed by atoms with Crippen LogP contribution in [0.25, 0.3) is 0 Å². The summed E-state index contributed by atoms with van der Waals surface area (Å²) >= 11 is 0. The Morgan fingerprint density at radius 1 is 1.31 bits per heavy atom. The van der Waals surface area contributed by atoms with Crippen molar-refractivity contribution < 1.29 is 4.74 Å². The summed E-state index contributed by atoms with van der Waals surface area (Å²) < 4.78 is 5.78. The number of piperidine rings is 1. The summed E-state index contributed by atoms with van der Waals surface area (Å²) in [6, 6.07) is 1.04. The number of nitrogens with two attached hydrogens (primary N) is 1. The zero-order valence-corrected chi connectivity index (χ0v) is 10.9. The topological polar surface area (TPSA) is 38.5 Å². The molecule has 3 atom stereocenters. The second-order valence-corrected chi connectivity index (χ2v) is 6.18. The fourth-order valence-electron chi connectivity index (χ4n) is 2.97. The van der Waals surface area contributed by atoms with Gasteiger partial charge >= 0.3 is 0 Å². The molecule has 0 radical (unpaired) electrons. The summed E-state index contributed by atoms with van der Waals surface area (Å²) in [5.41, 5.74) is 6.22. The van der Waals surface area contributed by atoms with Crippen LogP contribution in [-0.4, -0.2) is 42.3 Å². The Bertz CT molecular complexity index is 242. The number of nitrogens with zero attached hydrogens (tertiary/aromatic N) is 1. The maximum absolute atomic E-state index is 6.17. The highest BCUT2D eigenvalue weighted by Crippen LogP contribution is 2.29. The Labute approximate surface area is 99.3 Å². The summed E-state index contributed by atoms with van der Waals surface area (Å²) in [5, 5.41) is 0. The van der Waals surface area contributed by atoms with Gasteiger partial charge in [-0.3, -0.25) is 4.90 Å². The van der Waals surface area contributed by atoms with Crippen LogP contribution in [0.5, 0.6) is 0 Å². The van der Waals surface area contributed by atoms with Crippen LogP contribution in [0.4, 0.5) is 0 Å². The molecule has 3 unspecified atom stereocenters. The van der Waals surface area contributed by atoms with Crippen LogP contribution in [0.15, 0.2) is 0 Å². The quantitative estimate of drug-likeness (QED) is 0.738. The molecule has 0 aromatic heterocycles. The van der Waals surface area contributed by atoms with Gasteiger partial charge in [-0.1, -0.05) is 6.92 Å². The molecule has 0 amide bonds. The Balaban J connectivity index is 1.92. The van der Waals surface area contributed by atoms with Gasteiger partial charge in [-0.15, -0.1) is 0 Å².